The van der Waals surface area contributed by atoms with Gasteiger partial charge in [-0.25, -0.2) is 18.6 Å². The van der Waals surface area contributed by atoms with Crippen LogP contribution in [-0.4, -0.2) is 105 Å². The van der Waals surface area contributed by atoms with E-state index >= 15 is 0 Å². The third kappa shape index (κ3) is 10.3. The van der Waals surface area contributed by atoms with E-state index in [4.69, 9.17) is 9.47 Å². The Morgan fingerprint density at radius 1 is 1.10 bits per heavy atom. The van der Waals surface area contributed by atoms with E-state index in [0.29, 0.717) is 18.4 Å². The molecular weight excluding hydrogens is 694 g/mol. The molecule has 2 aromatic rings. The quantitative estimate of drug-likeness (QED) is 0.235. The molecule has 2 aliphatic rings. The summed E-state index contributed by atoms with van der Waals surface area (Å²) in [5.41, 5.74) is 1.30. The van der Waals surface area contributed by atoms with E-state index in [-0.39, 0.29) is 60.5 Å². The number of ether oxygens (including phenoxy) is 2. The van der Waals surface area contributed by atoms with Crippen molar-refractivity contribution >= 4 is 46.5 Å². The number of aliphatic imine (C=N–C) groups is 1. The van der Waals surface area contributed by atoms with Gasteiger partial charge >= 0.3 is 12.3 Å². The van der Waals surface area contributed by atoms with Gasteiger partial charge in [0.1, 0.15) is 19.0 Å². The molecule has 2 N–H and O–H groups in total. The Kier molecular flexibility index (Phi) is 11.9. The lowest BCUT2D eigenvalue weighted by atomic mass is 10.0. The standard InChI is InChI=1S/C33H49F3N6O6SSi/c1-9-28(43)38-22-15-23(17-40(16-22)31(44)48-32(2,3)4)39-42-19-26(33(34,35)36)29(37-20-42)25-18-41(21-47-13-14-50(6,7)8)30-24(25)11-10-12-27(30)49(5,45)46/h10-12,18-19,22-23,39H,9,13-17,20-21H2,1-8H3,(H,38,43)/t22-,23+/m1/s1. The Morgan fingerprint density at radius 3 is 2.38 bits per heavy atom. The highest BCUT2D eigenvalue weighted by molar-refractivity contribution is 7.91. The van der Waals surface area contributed by atoms with E-state index in [2.05, 4.69) is 35.4 Å². The van der Waals surface area contributed by atoms with Crippen LogP contribution in [0.5, 0.6) is 0 Å². The van der Waals surface area contributed by atoms with Crippen LogP contribution < -0.4 is 10.7 Å². The lowest BCUT2D eigenvalue weighted by molar-refractivity contribution is -0.122. The number of sulfone groups is 1. The third-order valence-corrected chi connectivity index (χ3v) is 10.9. The molecule has 4 rings (SSSR count). The van der Waals surface area contributed by atoms with Crippen molar-refractivity contribution in [1.29, 1.82) is 0 Å². The average molecular weight is 743 g/mol. The maximum absolute atomic E-state index is 14.8. The summed E-state index contributed by atoms with van der Waals surface area (Å²) < 4.78 is 82.9. The molecule has 2 aliphatic heterocycles. The predicted molar refractivity (Wildman–Crippen MR) is 188 cm³/mol. The van der Waals surface area contributed by atoms with Gasteiger partial charge in [-0.2, -0.15) is 13.2 Å². The summed E-state index contributed by atoms with van der Waals surface area (Å²) in [6, 6.07) is 4.36. The van der Waals surface area contributed by atoms with Crippen LogP contribution in [0, 0.1) is 0 Å². The second-order valence-corrected chi connectivity index (χ2v) is 22.6. The molecule has 0 bridgehead atoms. The first-order valence-electron chi connectivity index (χ1n) is 16.6. The second-order valence-electron chi connectivity index (χ2n) is 15.0. The van der Waals surface area contributed by atoms with Gasteiger partial charge < -0.3 is 24.3 Å². The Bertz CT molecular complexity index is 1750. The molecule has 1 aromatic heterocycles. The van der Waals surface area contributed by atoms with Gasteiger partial charge in [0, 0.05) is 75.9 Å². The van der Waals surface area contributed by atoms with Crippen LogP contribution in [-0.2, 0) is 30.8 Å². The van der Waals surface area contributed by atoms with Crippen molar-refractivity contribution in [2.24, 2.45) is 4.99 Å². The molecule has 12 nitrogen and oxygen atoms in total. The van der Waals surface area contributed by atoms with E-state index in [1.54, 1.807) is 33.8 Å². The van der Waals surface area contributed by atoms with E-state index in [0.717, 1.165) is 18.5 Å². The van der Waals surface area contributed by atoms with Crippen molar-refractivity contribution in [2.45, 2.75) is 102 Å². The Balaban J connectivity index is 1.66. The smallest absolute Gasteiger partial charge is 0.419 e. The molecule has 1 fully saturated rings. The minimum absolute atomic E-state index is 0.0242. The lowest BCUT2D eigenvalue weighted by Gasteiger charge is -2.41. The molecule has 0 aliphatic carbocycles. The zero-order valence-corrected chi connectivity index (χ0v) is 31.8. The van der Waals surface area contributed by atoms with E-state index in [1.807, 2.05) is 0 Å². The summed E-state index contributed by atoms with van der Waals surface area (Å²) in [4.78, 5) is 31.0. The van der Waals surface area contributed by atoms with E-state index < -0.39 is 53.4 Å². The zero-order chi connectivity index (χ0) is 37.2. The normalized spacial score (nSPS) is 19.3. The first kappa shape index (κ1) is 39.4. The SMILES string of the molecule is CCC(=O)N[C@@H]1C[C@H](NN2C=C(C(F)(F)F)C(c3cn(COCC[Si](C)(C)C)c4c(S(C)(=O)=O)cccc34)=NC2)CN(C(=O)OC(C)(C)C)C1. The number of hydrazine groups is 1. The molecule has 17 heteroatoms. The monoisotopic (exact) mass is 742 g/mol. The lowest BCUT2D eigenvalue weighted by Crippen LogP contribution is -2.60. The largest absolute Gasteiger partial charge is 0.444 e. The second kappa shape index (κ2) is 15.1. The molecule has 0 radical (unpaired) electrons. The number of alkyl halides is 3. The fourth-order valence-electron chi connectivity index (χ4n) is 5.80. The van der Waals surface area contributed by atoms with Crippen molar-refractivity contribution in [3.8, 4) is 0 Å². The van der Waals surface area contributed by atoms with Crippen molar-refractivity contribution in [1.82, 2.24) is 25.2 Å². The van der Waals surface area contributed by atoms with Gasteiger partial charge in [0.25, 0.3) is 0 Å². The molecular formula is C33H49F3N6O6SSi. The number of allylic oxidation sites excluding steroid dienone is 1. The fourth-order valence-corrected chi connectivity index (χ4v) is 7.46. The number of piperidine rings is 1. The number of para-hydroxylation sites is 1. The Labute approximate surface area is 292 Å². The molecule has 50 heavy (non-hydrogen) atoms. The molecule has 3 heterocycles. The predicted octanol–water partition coefficient (Wildman–Crippen LogP) is 5.27. The van der Waals surface area contributed by atoms with Gasteiger partial charge in [-0.15, -0.1) is 0 Å². The minimum Gasteiger partial charge on any atom is -0.444 e. The van der Waals surface area contributed by atoms with Gasteiger partial charge in [0.2, 0.25) is 5.91 Å². The van der Waals surface area contributed by atoms with Crippen LogP contribution in [0.1, 0.15) is 46.1 Å². The van der Waals surface area contributed by atoms with Gasteiger partial charge in [0.15, 0.2) is 9.84 Å². The summed E-state index contributed by atoms with van der Waals surface area (Å²) >= 11 is 0. The highest BCUT2D eigenvalue weighted by atomic mass is 32.2. The number of aromatic nitrogens is 1. The maximum Gasteiger partial charge on any atom is 0.419 e. The highest BCUT2D eigenvalue weighted by Crippen LogP contribution is 2.36. The molecule has 0 saturated carbocycles. The molecule has 1 saturated heterocycles. The van der Waals surface area contributed by atoms with E-state index in [9.17, 15) is 31.2 Å². The fraction of sp³-hybridized carbons (Fsp3) is 0.606. The van der Waals surface area contributed by atoms with Crippen LogP contribution in [0.4, 0.5) is 18.0 Å². The number of amides is 2. The topological polar surface area (TPSA) is 135 Å². The average Bonchev–Trinajstić information content (AvgIpc) is 3.35. The van der Waals surface area contributed by atoms with E-state index in [1.165, 1.54) is 32.8 Å². The number of halogens is 3. The number of carbonyl (C=O) groups excluding carboxylic acids is 2. The van der Waals surface area contributed by atoms with Crippen molar-refractivity contribution < 1.29 is 40.7 Å². The summed E-state index contributed by atoms with van der Waals surface area (Å²) in [7, 11) is -5.19. The highest BCUT2D eigenvalue weighted by Gasteiger charge is 2.41. The van der Waals surface area contributed by atoms with Crippen molar-refractivity contribution in [3.05, 3.63) is 41.7 Å². The van der Waals surface area contributed by atoms with Crippen LogP contribution >= 0.6 is 0 Å². The number of fused-ring (bicyclic) bond motifs is 1. The molecule has 0 unspecified atom stereocenters. The van der Waals surface area contributed by atoms with Crippen molar-refractivity contribution in [3.63, 3.8) is 0 Å². The molecule has 1 aromatic carbocycles. The number of rotatable bonds is 11. The van der Waals surface area contributed by atoms with Crippen LogP contribution in [0.25, 0.3) is 10.9 Å². The number of likely N-dealkylation sites (tertiary alicyclic amines) is 1. The number of hydrogen-bond acceptors (Lipinski definition) is 9. The molecule has 278 valence electrons. The molecule has 2 amide bonds. The van der Waals surface area contributed by atoms with Crippen LogP contribution in [0.3, 0.4) is 0 Å². The maximum atomic E-state index is 14.8. The zero-order valence-electron chi connectivity index (χ0n) is 30.0. The number of nitrogens with zero attached hydrogens (tertiary/aromatic N) is 4. The third-order valence-electron chi connectivity index (χ3n) is 8.11. The number of benzene rings is 1. The summed E-state index contributed by atoms with van der Waals surface area (Å²) in [5.74, 6) is -0.217. The number of nitrogens with one attached hydrogen (secondary N) is 2. The number of hydrogen-bond donors (Lipinski definition) is 2. The summed E-state index contributed by atoms with van der Waals surface area (Å²) in [6.45, 7) is 13.9. The Hall–Kier alpha value is -3.41. The summed E-state index contributed by atoms with van der Waals surface area (Å²) in [6.07, 6.45) is -1.40. The van der Waals surface area contributed by atoms with Crippen LogP contribution in [0.15, 0.2) is 46.1 Å². The first-order chi connectivity index (χ1) is 23.1. The van der Waals surface area contributed by atoms with Gasteiger partial charge in [-0.05, 0) is 39.3 Å². The first-order valence-corrected chi connectivity index (χ1v) is 22.2. The van der Waals surface area contributed by atoms with Crippen molar-refractivity contribution in [2.75, 3.05) is 32.6 Å². The summed E-state index contributed by atoms with van der Waals surface area (Å²) in [5, 5.41) is 4.40. The van der Waals surface area contributed by atoms with Crippen LogP contribution in [0.2, 0.25) is 25.7 Å². The van der Waals surface area contributed by atoms with Gasteiger partial charge in [-0.3, -0.25) is 14.8 Å². The molecule has 2 atom stereocenters. The van der Waals surface area contributed by atoms with Gasteiger partial charge in [0.05, 0.1) is 21.7 Å². The molecule has 0 spiro atoms. The minimum atomic E-state index is -4.83. The Morgan fingerprint density at radius 2 is 1.78 bits per heavy atom. The number of carbonyl (C=O) groups is 2. The van der Waals surface area contributed by atoms with Gasteiger partial charge in [-0.1, -0.05) is 38.7 Å².